The zero-order valence-electron chi connectivity index (χ0n) is 37.1. The molecular weight excluding hydrogens is 739 g/mol. The highest BCUT2D eigenvalue weighted by Crippen LogP contribution is 2.53. The molecule has 0 atom stereocenters. The average Bonchev–Trinajstić information content (AvgIpc) is 3.60. The van der Waals surface area contributed by atoms with E-state index in [-0.39, 0.29) is 28.4 Å². The molecule has 5 aromatic carbocycles. The van der Waals surface area contributed by atoms with Crippen LogP contribution in [-0.4, -0.2) is 33.1 Å². The predicted molar refractivity (Wildman–Crippen MR) is 247 cm³/mol. The van der Waals surface area contributed by atoms with E-state index in [1.54, 1.807) is 0 Å². The van der Waals surface area contributed by atoms with E-state index < -0.39 is 0 Å². The Balaban J connectivity index is 1.24. The van der Waals surface area contributed by atoms with Crippen LogP contribution in [0.5, 0.6) is 23.0 Å². The molecule has 7 heteroatoms. The number of anilines is 6. The molecule has 0 spiro atoms. The fourth-order valence-electron chi connectivity index (χ4n) is 11.4. The summed E-state index contributed by atoms with van der Waals surface area (Å²) in [5.41, 5.74) is 18.4. The van der Waals surface area contributed by atoms with Crippen LogP contribution in [0, 0.1) is 6.92 Å². The number of ether oxygens (including phenoxy) is 4. The van der Waals surface area contributed by atoms with Crippen LogP contribution < -0.4 is 45.1 Å². The van der Waals surface area contributed by atoms with Crippen LogP contribution in [-0.2, 0) is 21.7 Å². The lowest BCUT2D eigenvalue weighted by Gasteiger charge is -2.48. The van der Waals surface area contributed by atoms with Gasteiger partial charge >= 0.3 is 0 Å². The molecule has 5 aromatic rings. The van der Waals surface area contributed by atoms with Crippen molar-refractivity contribution < 1.29 is 18.9 Å². The molecule has 6 aliphatic rings. The first kappa shape index (κ1) is 37.9. The Kier molecular flexibility index (Phi) is 8.21. The highest BCUT2D eigenvalue weighted by atomic mass is 16.5. The minimum absolute atomic E-state index is 0.0372. The van der Waals surface area contributed by atoms with Gasteiger partial charge in [-0.1, -0.05) is 67.5 Å². The molecule has 0 saturated carbocycles. The van der Waals surface area contributed by atoms with Crippen molar-refractivity contribution in [3.05, 3.63) is 101 Å². The van der Waals surface area contributed by atoms with E-state index in [2.05, 4.69) is 145 Å². The van der Waals surface area contributed by atoms with Crippen molar-refractivity contribution >= 4 is 57.2 Å². The first-order valence-corrected chi connectivity index (χ1v) is 22.5. The number of rotatable bonds is 2. The number of benzene rings is 5. The lowest BCUT2D eigenvalue weighted by molar-refractivity contribution is 0.296. The van der Waals surface area contributed by atoms with Crippen LogP contribution in [0.2, 0.25) is 0 Å². The molecule has 11 rings (SSSR count). The van der Waals surface area contributed by atoms with E-state index in [9.17, 15) is 0 Å². The van der Waals surface area contributed by atoms with E-state index in [1.165, 1.54) is 79.8 Å². The van der Waals surface area contributed by atoms with Gasteiger partial charge in [0.05, 0.1) is 32.1 Å². The third-order valence-electron chi connectivity index (χ3n) is 15.1. The minimum Gasteiger partial charge on any atom is -0.490 e. The molecule has 60 heavy (non-hydrogen) atoms. The van der Waals surface area contributed by atoms with Gasteiger partial charge in [-0.25, -0.2) is 0 Å². The Hall–Kier alpha value is -5.04. The zero-order chi connectivity index (χ0) is 41.5. The number of hydrogen-bond acceptors (Lipinski definition) is 6. The van der Waals surface area contributed by atoms with Crippen LogP contribution in [0.4, 0.5) is 34.1 Å². The zero-order valence-corrected chi connectivity index (χ0v) is 37.1. The molecule has 0 saturated heterocycles. The van der Waals surface area contributed by atoms with Gasteiger partial charge in [0.2, 0.25) is 0 Å². The molecule has 2 aliphatic carbocycles. The molecule has 0 aromatic heterocycles. The van der Waals surface area contributed by atoms with Crippen LogP contribution in [0.3, 0.4) is 0 Å². The Morgan fingerprint density at radius 3 is 1.50 bits per heavy atom. The topological polar surface area (TPSA) is 43.4 Å². The summed E-state index contributed by atoms with van der Waals surface area (Å²) in [5, 5.41) is 0. The van der Waals surface area contributed by atoms with Crippen LogP contribution in [0.25, 0.3) is 0 Å². The van der Waals surface area contributed by atoms with E-state index >= 15 is 0 Å². The summed E-state index contributed by atoms with van der Waals surface area (Å²) in [5.74, 6) is 3.20. The lowest BCUT2D eigenvalue weighted by atomic mass is 9.33. The van der Waals surface area contributed by atoms with Crippen molar-refractivity contribution in [3.63, 3.8) is 0 Å². The van der Waals surface area contributed by atoms with Crippen molar-refractivity contribution in [2.24, 2.45) is 0 Å². The number of hydrogen-bond donors (Lipinski definition) is 0. The molecule has 0 unspecified atom stereocenters. The summed E-state index contributed by atoms with van der Waals surface area (Å²) >= 11 is 0. The van der Waals surface area contributed by atoms with Crippen molar-refractivity contribution in [1.82, 2.24) is 0 Å². The fourth-order valence-corrected chi connectivity index (χ4v) is 11.4. The average molecular weight is 799 g/mol. The molecule has 0 radical (unpaired) electrons. The Morgan fingerprint density at radius 2 is 0.883 bits per heavy atom. The summed E-state index contributed by atoms with van der Waals surface area (Å²) in [4.78, 5) is 5.08. The standard InChI is InChI=1S/C53H59BN2O4/c1-32-24-43-49-44(25-32)56(34-13-15-45-46(27-34)58-21-10-20-57-45)42-31-48-47(59-22-11-23-60-48)30-40(42)54(49)39-28-37-38(53(8,9)19-18-52(37,6)7)29-41(39)55(43)33-12-14-35-36(26-33)51(4,5)17-16-50(35,2)3/h12-15,24-31H,10-11,16-23H2,1-9H3. The van der Waals surface area contributed by atoms with Crippen molar-refractivity contribution in [3.8, 4) is 23.0 Å². The van der Waals surface area contributed by atoms with Gasteiger partial charge < -0.3 is 28.7 Å². The maximum Gasteiger partial charge on any atom is 0.252 e. The minimum atomic E-state index is -0.0372. The summed E-state index contributed by atoms with van der Waals surface area (Å²) in [6.07, 6.45) is 6.39. The third-order valence-corrected chi connectivity index (χ3v) is 15.1. The Bertz CT molecular complexity index is 2620. The molecule has 6 nitrogen and oxygen atoms in total. The second-order valence-corrected chi connectivity index (χ2v) is 21.1. The van der Waals surface area contributed by atoms with Gasteiger partial charge in [-0.05, 0) is 147 Å². The van der Waals surface area contributed by atoms with Gasteiger partial charge in [0, 0.05) is 53.4 Å². The van der Waals surface area contributed by atoms with E-state index in [0.29, 0.717) is 26.4 Å². The molecule has 4 aliphatic heterocycles. The van der Waals surface area contributed by atoms with Crippen LogP contribution in [0.15, 0.2) is 72.8 Å². The first-order chi connectivity index (χ1) is 28.6. The van der Waals surface area contributed by atoms with Crippen LogP contribution in [0.1, 0.15) is 122 Å². The van der Waals surface area contributed by atoms with Crippen molar-refractivity contribution in [1.29, 1.82) is 0 Å². The molecule has 4 heterocycles. The van der Waals surface area contributed by atoms with E-state index in [4.69, 9.17) is 18.9 Å². The molecule has 0 bridgehead atoms. The summed E-state index contributed by atoms with van der Waals surface area (Å²) in [7, 11) is 0. The number of aryl methyl sites for hydroxylation is 1. The highest BCUT2D eigenvalue weighted by Gasteiger charge is 2.48. The van der Waals surface area contributed by atoms with Gasteiger partial charge in [-0.2, -0.15) is 0 Å². The second-order valence-electron chi connectivity index (χ2n) is 21.1. The first-order valence-electron chi connectivity index (χ1n) is 22.5. The van der Waals surface area contributed by atoms with E-state index in [1.807, 2.05) is 0 Å². The predicted octanol–water partition coefficient (Wildman–Crippen LogP) is 11.1. The number of nitrogens with zero attached hydrogens (tertiary/aromatic N) is 2. The van der Waals surface area contributed by atoms with Crippen molar-refractivity contribution in [2.75, 3.05) is 36.2 Å². The van der Waals surface area contributed by atoms with Crippen LogP contribution >= 0.6 is 0 Å². The van der Waals surface area contributed by atoms with Gasteiger partial charge in [-0.15, -0.1) is 0 Å². The molecule has 0 amide bonds. The Labute approximate surface area is 357 Å². The Morgan fingerprint density at radius 1 is 0.433 bits per heavy atom. The quantitative estimate of drug-likeness (QED) is 0.162. The maximum absolute atomic E-state index is 6.52. The van der Waals surface area contributed by atoms with Crippen molar-refractivity contribution in [2.45, 2.75) is 122 Å². The SMILES string of the molecule is Cc1cc2c3c(c1)N(c1ccc4c(c1)C(C)(C)CCC4(C)C)c1cc4c(cc1B3c1cc3c(cc1N2c1ccc2c(c1)OCCCO2)OCCCO3)C(C)(C)CCC4(C)C. The monoisotopic (exact) mass is 798 g/mol. The molecule has 0 N–H and O–H groups in total. The fraction of sp³-hybridized carbons (Fsp3) is 0.434. The normalized spacial score (nSPS) is 20.7. The molecular formula is C53H59BN2O4. The third kappa shape index (κ3) is 5.66. The second kappa shape index (κ2) is 13.0. The van der Waals surface area contributed by atoms with Gasteiger partial charge in [-0.3, -0.25) is 0 Å². The van der Waals surface area contributed by atoms with Gasteiger partial charge in [0.1, 0.15) is 0 Å². The summed E-state index contributed by atoms with van der Waals surface area (Å²) in [6.45, 7) is 24.3. The summed E-state index contributed by atoms with van der Waals surface area (Å²) in [6, 6.07) is 28.5. The van der Waals surface area contributed by atoms with Gasteiger partial charge in [0.15, 0.2) is 23.0 Å². The van der Waals surface area contributed by atoms with E-state index in [0.717, 1.165) is 60.1 Å². The molecule has 0 fully saturated rings. The lowest BCUT2D eigenvalue weighted by Crippen LogP contribution is -2.62. The highest BCUT2D eigenvalue weighted by molar-refractivity contribution is 7.00. The van der Waals surface area contributed by atoms with Gasteiger partial charge in [0.25, 0.3) is 6.71 Å². The largest absolute Gasteiger partial charge is 0.490 e. The number of fused-ring (bicyclic) bond motifs is 8. The smallest absolute Gasteiger partial charge is 0.252 e. The molecule has 308 valence electrons. The summed E-state index contributed by atoms with van der Waals surface area (Å²) < 4.78 is 25.5. The maximum atomic E-state index is 6.52.